The Bertz CT molecular complexity index is 326. The summed E-state index contributed by atoms with van der Waals surface area (Å²) in [7, 11) is 0. The fourth-order valence-corrected chi connectivity index (χ4v) is 1.60. The van der Waals surface area contributed by atoms with Crippen LogP contribution in [-0.4, -0.2) is 28.6 Å². The van der Waals surface area contributed by atoms with Crippen LogP contribution in [0.2, 0.25) is 0 Å². The van der Waals surface area contributed by atoms with Crippen LogP contribution in [0.4, 0.5) is 5.82 Å². The highest BCUT2D eigenvalue weighted by Crippen LogP contribution is 2.17. The molecule has 0 unspecified atom stereocenters. The summed E-state index contributed by atoms with van der Waals surface area (Å²) >= 11 is 0. The number of piperidine rings is 1. The van der Waals surface area contributed by atoms with E-state index in [2.05, 4.69) is 4.98 Å². The van der Waals surface area contributed by atoms with E-state index in [4.69, 9.17) is 0 Å². The number of carbonyl (C=O) groups is 1. The lowest BCUT2D eigenvalue weighted by molar-refractivity contribution is -0.128. The zero-order chi connectivity index (χ0) is 9.97. The minimum absolute atomic E-state index is 0.241. The molecule has 0 bridgehead atoms. The number of anilines is 1. The second kappa shape index (κ2) is 3.75. The summed E-state index contributed by atoms with van der Waals surface area (Å²) in [6.45, 7) is 0.646. The van der Waals surface area contributed by atoms with Crippen LogP contribution in [-0.2, 0) is 4.79 Å². The van der Waals surface area contributed by atoms with Gasteiger partial charge in [0.2, 0.25) is 0 Å². The molecule has 14 heavy (non-hydrogen) atoms. The molecule has 2 heterocycles. The number of aromatic nitrogens is 1. The molecule has 0 saturated carbocycles. The van der Waals surface area contributed by atoms with E-state index in [-0.39, 0.29) is 5.91 Å². The quantitative estimate of drug-likeness (QED) is 0.707. The third-order valence-electron chi connectivity index (χ3n) is 2.34. The van der Waals surface area contributed by atoms with Crippen LogP contribution in [0.3, 0.4) is 0 Å². The van der Waals surface area contributed by atoms with Crippen molar-refractivity contribution in [3.8, 4) is 0 Å². The van der Waals surface area contributed by atoms with E-state index in [1.54, 1.807) is 18.3 Å². The first-order valence-electron chi connectivity index (χ1n) is 4.69. The Hall–Kier alpha value is -1.42. The van der Waals surface area contributed by atoms with Gasteiger partial charge in [0.05, 0.1) is 0 Å². The highest BCUT2D eigenvalue weighted by Gasteiger charge is 2.28. The highest BCUT2D eigenvalue weighted by molar-refractivity contribution is 5.96. The molecule has 1 atom stereocenters. The first-order valence-corrected chi connectivity index (χ1v) is 4.69. The van der Waals surface area contributed by atoms with Gasteiger partial charge in [0, 0.05) is 12.7 Å². The van der Waals surface area contributed by atoms with Crippen LogP contribution in [0.15, 0.2) is 24.4 Å². The molecule has 0 radical (unpaired) electrons. The predicted octanol–water partition coefficient (Wildman–Crippen LogP) is 0.569. The number of hydrogen-bond donors (Lipinski definition) is 1. The molecule has 1 aromatic heterocycles. The molecule has 74 valence electrons. The van der Waals surface area contributed by atoms with Crippen molar-refractivity contribution in [2.24, 2.45) is 0 Å². The molecule has 1 N–H and O–H groups in total. The van der Waals surface area contributed by atoms with E-state index in [1.807, 2.05) is 6.07 Å². The van der Waals surface area contributed by atoms with Gasteiger partial charge in [0.25, 0.3) is 5.91 Å². The summed E-state index contributed by atoms with van der Waals surface area (Å²) in [6.07, 6.45) is 2.17. The maximum absolute atomic E-state index is 11.6. The number of carbonyl (C=O) groups excluding carboxylic acids is 1. The van der Waals surface area contributed by atoms with Crippen LogP contribution in [0.1, 0.15) is 12.8 Å². The summed E-state index contributed by atoms with van der Waals surface area (Å²) in [6, 6.07) is 5.40. The summed E-state index contributed by atoms with van der Waals surface area (Å²) in [4.78, 5) is 17.2. The second-order valence-electron chi connectivity index (χ2n) is 3.34. The largest absolute Gasteiger partial charge is 0.383 e. The maximum Gasteiger partial charge on any atom is 0.256 e. The Morgan fingerprint density at radius 1 is 1.50 bits per heavy atom. The molecule has 1 aromatic rings. The number of amides is 1. The molecule has 4 nitrogen and oxygen atoms in total. The topological polar surface area (TPSA) is 53.4 Å². The van der Waals surface area contributed by atoms with Crippen LogP contribution < -0.4 is 4.90 Å². The Balaban J connectivity index is 2.22. The van der Waals surface area contributed by atoms with Crippen molar-refractivity contribution in [1.29, 1.82) is 0 Å². The van der Waals surface area contributed by atoms with Gasteiger partial charge in [-0.3, -0.25) is 9.69 Å². The Morgan fingerprint density at radius 3 is 3.07 bits per heavy atom. The summed E-state index contributed by atoms with van der Waals surface area (Å²) < 4.78 is 0. The zero-order valence-corrected chi connectivity index (χ0v) is 7.76. The van der Waals surface area contributed by atoms with Crippen molar-refractivity contribution in [2.75, 3.05) is 11.4 Å². The lowest BCUT2D eigenvalue weighted by Gasteiger charge is -2.28. The number of rotatable bonds is 1. The van der Waals surface area contributed by atoms with Gasteiger partial charge in [-0.15, -0.1) is 0 Å². The average Bonchev–Trinajstić information content (AvgIpc) is 2.23. The molecule has 1 fully saturated rings. The van der Waals surface area contributed by atoms with Crippen LogP contribution >= 0.6 is 0 Å². The minimum atomic E-state index is -0.856. The molecule has 0 aromatic carbocycles. The van der Waals surface area contributed by atoms with E-state index in [9.17, 15) is 9.90 Å². The molecule has 4 heteroatoms. The fourth-order valence-electron chi connectivity index (χ4n) is 1.60. The SMILES string of the molecule is O=C1[C@@H](O)CCCN1c1ccccn1. The van der Waals surface area contributed by atoms with Gasteiger partial charge in [0.1, 0.15) is 11.9 Å². The molecular formula is C10H12N2O2. The molecule has 1 aliphatic heterocycles. The van der Waals surface area contributed by atoms with E-state index >= 15 is 0 Å². The number of aliphatic hydroxyl groups excluding tert-OH is 1. The van der Waals surface area contributed by atoms with Gasteiger partial charge in [-0.25, -0.2) is 4.98 Å². The van der Waals surface area contributed by atoms with Gasteiger partial charge >= 0.3 is 0 Å². The number of pyridine rings is 1. The number of hydrogen-bond acceptors (Lipinski definition) is 3. The van der Waals surface area contributed by atoms with Crippen molar-refractivity contribution in [2.45, 2.75) is 18.9 Å². The zero-order valence-electron chi connectivity index (χ0n) is 7.76. The number of aliphatic hydroxyl groups is 1. The van der Waals surface area contributed by atoms with E-state index in [0.29, 0.717) is 18.8 Å². The Morgan fingerprint density at radius 2 is 2.36 bits per heavy atom. The van der Waals surface area contributed by atoms with Crippen molar-refractivity contribution >= 4 is 11.7 Å². The average molecular weight is 192 g/mol. The molecular weight excluding hydrogens is 180 g/mol. The fraction of sp³-hybridized carbons (Fsp3) is 0.400. The highest BCUT2D eigenvalue weighted by atomic mass is 16.3. The molecule has 0 spiro atoms. The molecule has 2 rings (SSSR count). The maximum atomic E-state index is 11.6. The van der Waals surface area contributed by atoms with Gasteiger partial charge in [-0.2, -0.15) is 0 Å². The minimum Gasteiger partial charge on any atom is -0.383 e. The Labute approximate surface area is 82.2 Å². The molecule has 1 saturated heterocycles. The molecule has 0 aliphatic carbocycles. The van der Waals surface area contributed by atoms with Gasteiger partial charge < -0.3 is 5.11 Å². The van der Waals surface area contributed by atoms with Crippen LogP contribution in [0.5, 0.6) is 0 Å². The van der Waals surface area contributed by atoms with Crippen LogP contribution in [0.25, 0.3) is 0 Å². The van der Waals surface area contributed by atoms with Crippen molar-refractivity contribution in [3.63, 3.8) is 0 Å². The first kappa shape index (κ1) is 9.15. The third kappa shape index (κ3) is 1.61. The predicted molar refractivity (Wildman–Crippen MR) is 51.8 cm³/mol. The normalized spacial score (nSPS) is 22.5. The lowest BCUT2D eigenvalue weighted by Crippen LogP contribution is -2.44. The summed E-state index contributed by atoms with van der Waals surface area (Å²) in [5.41, 5.74) is 0. The van der Waals surface area contributed by atoms with Crippen molar-refractivity contribution in [3.05, 3.63) is 24.4 Å². The second-order valence-corrected chi connectivity index (χ2v) is 3.34. The molecule has 1 aliphatic rings. The van der Waals surface area contributed by atoms with Gasteiger partial charge in [0.15, 0.2) is 0 Å². The van der Waals surface area contributed by atoms with E-state index in [1.165, 1.54) is 4.90 Å². The third-order valence-corrected chi connectivity index (χ3v) is 2.34. The van der Waals surface area contributed by atoms with Crippen molar-refractivity contribution < 1.29 is 9.90 Å². The number of nitrogens with zero attached hydrogens (tertiary/aromatic N) is 2. The van der Waals surface area contributed by atoms with E-state index in [0.717, 1.165) is 6.42 Å². The van der Waals surface area contributed by atoms with Gasteiger partial charge in [-0.1, -0.05) is 6.07 Å². The summed E-state index contributed by atoms with van der Waals surface area (Å²) in [5, 5.41) is 9.39. The Kier molecular flexibility index (Phi) is 2.45. The smallest absolute Gasteiger partial charge is 0.256 e. The summed E-state index contributed by atoms with van der Waals surface area (Å²) in [5.74, 6) is 0.381. The van der Waals surface area contributed by atoms with Crippen LogP contribution in [0, 0.1) is 0 Å². The monoisotopic (exact) mass is 192 g/mol. The lowest BCUT2D eigenvalue weighted by atomic mass is 10.1. The molecule has 1 amide bonds. The van der Waals surface area contributed by atoms with E-state index < -0.39 is 6.10 Å². The first-order chi connectivity index (χ1) is 6.79. The van der Waals surface area contributed by atoms with Gasteiger partial charge in [-0.05, 0) is 25.0 Å². The van der Waals surface area contributed by atoms with Crippen molar-refractivity contribution in [1.82, 2.24) is 4.98 Å². The standard InChI is InChI=1S/C10H12N2O2/c13-8-4-3-7-12(10(8)14)9-5-1-2-6-11-9/h1-2,5-6,8,13H,3-4,7H2/t8-/m0/s1.